The van der Waals surface area contributed by atoms with Crippen LogP contribution in [0.5, 0.6) is 0 Å². The van der Waals surface area contributed by atoms with Crippen LogP contribution >= 0.6 is 11.6 Å². The predicted molar refractivity (Wildman–Crippen MR) is 98.4 cm³/mol. The number of urea groups is 1. The number of benzene rings is 2. The third-order valence-electron chi connectivity index (χ3n) is 4.53. The van der Waals surface area contributed by atoms with Crippen molar-refractivity contribution in [3.63, 3.8) is 0 Å². The van der Waals surface area contributed by atoms with E-state index >= 15 is 0 Å². The highest BCUT2D eigenvalue weighted by atomic mass is 35.5. The lowest BCUT2D eigenvalue weighted by molar-refractivity contribution is 0.142. The van der Waals surface area contributed by atoms with Crippen LogP contribution in [0, 0.1) is 18.6 Å². The average molecular weight is 380 g/mol. The molecule has 1 aliphatic rings. The number of hydrogen-bond donors (Lipinski definition) is 1. The lowest BCUT2D eigenvalue weighted by Gasteiger charge is -2.34. The summed E-state index contributed by atoms with van der Waals surface area (Å²) in [5.41, 5.74) is 1.43. The van der Waals surface area contributed by atoms with Crippen molar-refractivity contribution in [2.24, 2.45) is 0 Å². The number of nitrogens with zero attached hydrogens (tertiary/aromatic N) is 2. The van der Waals surface area contributed by atoms with Gasteiger partial charge in [-0.2, -0.15) is 0 Å². The summed E-state index contributed by atoms with van der Waals surface area (Å²) in [6.45, 7) is 4.31. The molecule has 1 aliphatic heterocycles. The van der Waals surface area contributed by atoms with Gasteiger partial charge in [-0.15, -0.1) is 0 Å². The summed E-state index contributed by atoms with van der Waals surface area (Å²) < 4.78 is 27.5. The monoisotopic (exact) mass is 379 g/mol. The molecule has 0 unspecified atom stereocenters. The van der Waals surface area contributed by atoms with Crippen LogP contribution in [0.3, 0.4) is 0 Å². The Balaban J connectivity index is 1.54. The number of hydrogen-bond acceptors (Lipinski definition) is 2. The first-order chi connectivity index (χ1) is 12.4. The summed E-state index contributed by atoms with van der Waals surface area (Å²) in [5.74, 6) is -0.673. The fourth-order valence-corrected chi connectivity index (χ4v) is 3.11. The quantitative estimate of drug-likeness (QED) is 0.864. The van der Waals surface area contributed by atoms with Gasteiger partial charge < -0.3 is 10.2 Å². The number of halogens is 3. The van der Waals surface area contributed by atoms with Gasteiger partial charge >= 0.3 is 6.03 Å². The van der Waals surface area contributed by atoms with E-state index in [1.165, 1.54) is 12.1 Å². The molecule has 7 heteroatoms. The van der Waals surface area contributed by atoms with Gasteiger partial charge in [-0.3, -0.25) is 4.90 Å². The molecule has 0 bridgehead atoms. The van der Waals surface area contributed by atoms with Crippen LogP contribution in [0.4, 0.5) is 19.3 Å². The second-order valence-corrected chi connectivity index (χ2v) is 6.76. The number of amides is 2. The fourth-order valence-electron chi connectivity index (χ4n) is 2.89. The maximum Gasteiger partial charge on any atom is 0.321 e. The second-order valence-electron chi connectivity index (χ2n) is 6.36. The van der Waals surface area contributed by atoms with Gasteiger partial charge in [0.15, 0.2) is 0 Å². The van der Waals surface area contributed by atoms with Crippen molar-refractivity contribution in [3.05, 3.63) is 64.2 Å². The van der Waals surface area contributed by atoms with Gasteiger partial charge in [-0.25, -0.2) is 13.6 Å². The summed E-state index contributed by atoms with van der Waals surface area (Å²) >= 11 is 6.07. The highest BCUT2D eigenvalue weighted by Crippen LogP contribution is 2.21. The van der Waals surface area contributed by atoms with Gasteiger partial charge in [0.1, 0.15) is 11.6 Å². The molecule has 0 radical (unpaired) electrons. The molecule has 3 rings (SSSR count). The topological polar surface area (TPSA) is 35.6 Å². The smallest absolute Gasteiger partial charge is 0.321 e. The Morgan fingerprint density at radius 2 is 1.85 bits per heavy atom. The lowest BCUT2D eigenvalue weighted by Crippen LogP contribution is -2.49. The molecule has 1 N–H and O–H groups in total. The van der Waals surface area contributed by atoms with Gasteiger partial charge in [0, 0.05) is 49.0 Å². The van der Waals surface area contributed by atoms with Crippen molar-refractivity contribution in [3.8, 4) is 0 Å². The standard InChI is InChI=1S/C19H20ClF2N3O/c1-13-5-6-14(11-18(13)22)23-19(26)25-9-7-24(8-10-25)12-15-16(20)3-2-4-17(15)21/h2-6,11H,7-10,12H2,1H3,(H,23,26). The SMILES string of the molecule is Cc1ccc(NC(=O)N2CCN(Cc3c(F)cccc3Cl)CC2)cc1F. The maximum absolute atomic E-state index is 13.9. The molecule has 1 saturated heterocycles. The summed E-state index contributed by atoms with van der Waals surface area (Å²) in [5, 5.41) is 3.12. The Hall–Kier alpha value is -2.18. The van der Waals surface area contributed by atoms with Crippen molar-refractivity contribution < 1.29 is 13.6 Å². The van der Waals surface area contributed by atoms with Gasteiger partial charge in [-0.1, -0.05) is 23.7 Å². The number of piperazine rings is 1. The Bertz CT molecular complexity index is 787. The zero-order chi connectivity index (χ0) is 18.7. The fraction of sp³-hybridized carbons (Fsp3) is 0.316. The van der Waals surface area contributed by atoms with E-state index < -0.39 is 0 Å². The van der Waals surface area contributed by atoms with E-state index in [-0.39, 0.29) is 17.7 Å². The van der Waals surface area contributed by atoms with Crippen molar-refractivity contribution in [1.29, 1.82) is 0 Å². The lowest BCUT2D eigenvalue weighted by atomic mass is 10.2. The molecule has 0 spiro atoms. The average Bonchev–Trinajstić information content (AvgIpc) is 2.62. The molecular weight excluding hydrogens is 360 g/mol. The Kier molecular flexibility index (Phi) is 5.74. The van der Waals surface area contributed by atoms with Gasteiger partial charge in [-0.05, 0) is 36.8 Å². The van der Waals surface area contributed by atoms with Crippen LogP contribution < -0.4 is 5.32 Å². The van der Waals surface area contributed by atoms with Crippen LogP contribution in [0.2, 0.25) is 5.02 Å². The summed E-state index contributed by atoms with van der Waals surface area (Å²) in [7, 11) is 0. The number of rotatable bonds is 3. The number of carbonyl (C=O) groups excluding carboxylic acids is 1. The minimum atomic E-state index is -0.352. The van der Waals surface area contributed by atoms with E-state index in [1.54, 1.807) is 36.1 Å². The third-order valence-corrected chi connectivity index (χ3v) is 4.88. The highest BCUT2D eigenvalue weighted by molar-refractivity contribution is 6.31. The zero-order valence-electron chi connectivity index (χ0n) is 14.4. The summed E-state index contributed by atoms with van der Waals surface area (Å²) in [6.07, 6.45) is 0. The largest absolute Gasteiger partial charge is 0.322 e. The summed E-state index contributed by atoms with van der Waals surface area (Å²) in [4.78, 5) is 16.0. The first kappa shape index (κ1) is 18.6. The van der Waals surface area contributed by atoms with Crippen LogP contribution in [0.1, 0.15) is 11.1 Å². The number of anilines is 1. The van der Waals surface area contributed by atoms with Gasteiger partial charge in [0.25, 0.3) is 0 Å². The minimum Gasteiger partial charge on any atom is -0.322 e. The molecule has 138 valence electrons. The van der Waals surface area contributed by atoms with E-state index in [1.807, 2.05) is 0 Å². The highest BCUT2D eigenvalue weighted by Gasteiger charge is 2.22. The first-order valence-corrected chi connectivity index (χ1v) is 8.79. The Labute approximate surface area is 156 Å². The predicted octanol–water partition coefficient (Wildman–Crippen LogP) is 4.28. The molecule has 0 aromatic heterocycles. The van der Waals surface area contributed by atoms with Crippen molar-refractivity contribution in [2.75, 3.05) is 31.5 Å². The van der Waals surface area contributed by atoms with E-state index in [9.17, 15) is 13.6 Å². The van der Waals surface area contributed by atoms with Crippen LogP contribution in [0.25, 0.3) is 0 Å². The molecule has 2 aromatic carbocycles. The van der Waals surface area contributed by atoms with E-state index in [0.717, 1.165) is 0 Å². The van der Waals surface area contributed by atoms with Crippen molar-refractivity contribution in [1.82, 2.24) is 9.80 Å². The number of aryl methyl sites for hydroxylation is 1. The Morgan fingerprint density at radius 3 is 2.50 bits per heavy atom. The van der Waals surface area contributed by atoms with Crippen LogP contribution in [-0.2, 0) is 6.54 Å². The summed E-state index contributed by atoms with van der Waals surface area (Å²) in [6, 6.07) is 8.99. The van der Waals surface area contributed by atoms with E-state index in [4.69, 9.17) is 11.6 Å². The maximum atomic E-state index is 13.9. The molecule has 0 aliphatic carbocycles. The molecule has 4 nitrogen and oxygen atoms in total. The van der Waals surface area contributed by atoms with E-state index in [0.29, 0.717) is 54.6 Å². The Morgan fingerprint density at radius 1 is 1.12 bits per heavy atom. The van der Waals surface area contributed by atoms with Gasteiger partial charge in [0.05, 0.1) is 0 Å². The molecule has 26 heavy (non-hydrogen) atoms. The normalized spacial score (nSPS) is 15.2. The van der Waals surface area contributed by atoms with Crippen molar-refractivity contribution in [2.45, 2.75) is 13.5 Å². The molecule has 2 aromatic rings. The molecule has 1 fully saturated rings. The number of nitrogens with one attached hydrogen (secondary N) is 1. The first-order valence-electron chi connectivity index (χ1n) is 8.41. The third kappa shape index (κ3) is 4.31. The number of carbonyl (C=O) groups is 1. The zero-order valence-corrected chi connectivity index (χ0v) is 15.2. The second kappa shape index (κ2) is 8.01. The molecule has 0 saturated carbocycles. The van der Waals surface area contributed by atoms with Crippen molar-refractivity contribution >= 4 is 23.3 Å². The van der Waals surface area contributed by atoms with Crippen LogP contribution in [-0.4, -0.2) is 42.0 Å². The molecule has 0 atom stereocenters. The minimum absolute atomic E-state index is 0.267. The molecule has 1 heterocycles. The molecular formula is C19H20ClF2N3O. The van der Waals surface area contributed by atoms with Crippen LogP contribution in [0.15, 0.2) is 36.4 Å². The molecule has 2 amide bonds. The van der Waals surface area contributed by atoms with E-state index in [2.05, 4.69) is 10.2 Å². The van der Waals surface area contributed by atoms with Gasteiger partial charge in [0.2, 0.25) is 0 Å².